The Balaban J connectivity index is 1.67. The van der Waals surface area contributed by atoms with E-state index >= 15 is 0 Å². The average Bonchev–Trinajstić information content (AvgIpc) is 3.29. The van der Waals surface area contributed by atoms with Crippen LogP contribution < -0.4 is 0 Å². The smallest absolute Gasteiger partial charge is 0.130 e. The molecule has 2 aromatic rings. The summed E-state index contributed by atoms with van der Waals surface area (Å²) >= 11 is 0. The number of benzene rings is 1. The summed E-state index contributed by atoms with van der Waals surface area (Å²) in [6.07, 6.45) is 13.4. The van der Waals surface area contributed by atoms with Gasteiger partial charge in [0.1, 0.15) is 5.76 Å². The van der Waals surface area contributed by atoms with Gasteiger partial charge in [-0.15, -0.1) is 0 Å². The summed E-state index contributed by atoms with van der Waals surface area (Å²) in [5.41, 5.74) is 7.96. The molecule has 0 saturated heterocycles. The summed E-state index contributed by atoms with van der Waals surface area (Å²) in [6.45, 7) is 4.54. The van der Waals surface area contributed by atoms with Gasteiger partial charge in [-0.05, 0) is 47.1 Å². The lowest BCUT2D eigenvalue weighted by Gasteiger charge is -2.28. The average molecular weight is 330 g/mol. The normalized spacial score (nSPS) is 26.9. The molecule has 0 saturated carbocycles. The van der Waals surface area contributed by atoms with Crippen molar-refractivity contribution in [3.05, 3.63) is 94.2 Å². The maximum atomic E-state index is 5.81. The van der Waals surface area contributed by atoms with Crippen molar-refractivity contribution in [2.24, 2.45) is 0 Å². The van der Waals surface area contributed by atoms with Gasteiger partial charge in [-0.2, -0.15) is 0 Å². The number of aryl methyl sites for hydroxylation is 1. The van der Waals surface area contributed by atoms with E-state index in [0.717, 1.165) is 5.76 Å². The summed E-state index contributed by atoms with van der Waals surface area (Å²) in [5.74, 6) is 1.02. The number of hydrogen-bond acceptors (Lipinski definition) is 1. The van der Waals surface area contributed by atoms with E-state index in [1.165, 1.54) is 27.8 Å². The van der Waals surface area contributed by atoms with Crippen LogP contribution >= 0.6 is 7.92 Å². The van der Waals surface area contributed by atoms with Crippen LogP contribution in [0.3, 0.4) is 0 Å². The standard InChI is InChI=1S/C22H19OP/c1-14-8-9-18-17(11-14)13-19(20-6-4-10-23-20)22(18)24-15(2)12-16-5-3-7-21(16)24/h3-13,15,22H,1-2H3. The second-order valence-corrected chi connectivity index (χ2v) is 9.42. The molecule has 118 valence electrons. The predicted molar refractivity (Wildman–Crippen MR) is 102 cm³/mol. The molecule has 1 aliphatic heterocycles. The first-order valence-electron chi connectivity index (χ1n) is 8.47. The molecule has 0 amide bonds. The number of allylic oxidation sites excluding steroid dienone is 7. The first kappa shape index (κ1) is 14.3. The highest BCUT2D eigenvalue weighted by molar-refractivity contribution is 7.64. The summed E-state index contributed by atoms with van der Waals surface area (Å²) in [4.78, 5) is 0. The molecule has 2 heterocycles. The zero-order chi connectivity index (χ0) is 16.3. The Morgan fingerprint density at radius 1 is 1.17 bits per heavy atom. The van der Waals surface area contributed by atoms with Crippen LogP contribution in [0.1, 0.15) is 35.0 Å². The maximum Gasteiger partial charge on any atom is 0.130 e. The van der Waals surface area contributed by atoms with Crippen molar-refractivity contribution >= 4 is 19.6 Å². The van der Waals surface area contributed by atoms with Crippen molar-refractivity contribution in [3.63, 3.8) is 0 Å². The van der Waals surface area contributed by atoms with E-state index in [2.05, 4.69) is 68.5 Å². The maximum absolute atomic E-state index is 5.81. The Kier molecular flexibility index (Phi) is 3.08. The lowest BCUT2D eigenvalue weighted by Crippen LogP contribution is -2.03. The van der Waals surface area contributed by atoms with E-state index in [1.54, 1.807) is 11.6 Å². The molecule has 2 heteroatoms. The molecule has 5 rings (SSSR count). The molecule has 3 aliphatic rings. The largest absolute Gasteiger partial charge is 0.465 e. The van der Waals surface area contributed by atoms with Crippen molar-refractivity contribution in [2.45, 2.75) is 25.2 Å². The molecule has 0 spiro atoms. The minimum atomic E-state index is -0.310. The molecule has 24 heavy (non-hydrogen) atoms. The SMILES string of the molecule is Cc1ccc2c(c1)C=C(c1ccco1)C2P1C2=CC=CC2=CC1C. The molecule has 3 unspecified atom stereocenters. The third-order valence-corrected chi connectivity index (χ3v) is 8.29. The molecule has 1 aromatic carbocycles. The predicted octanol–water partition coefficient (Wildman–Crippen LogP) is 6.45. The van der Waals surface area contributed by atoms with Gasteiger partial charge in [0, 0.05) is 16.9 Å². The van der Waals surface area contributed by atoms with Gasteiger partial charge in [-0.3, -0.25) is 0 Å². The Labute approximate surface area is 143 Å². The van der Waals surface area contributed by atoms with Gasteiger partial charge in [0.25, 0.3) is 0 Å². The number of rotatable bonds is 2. The Hall–Kier alpha value is -2.11. The molecule has 0 fully saturated rings. The fourth-order valence-electron chi connectivity index (χ4n) is 4.16. The monoisotopic (exact) mass is 330 g/mol. The minimum absolute atomic E-state index is 0.310. The van der Waals surface area contributed by atoms with E-state index in [4.69, 9.17) is 4.42 Å². The number of fused-ring (bicyclic) bond motifs is 2. The molecule has 2 aliphatic carbocycles. The van der Waals surface area contributed by atoms with Crippen LogP contribution in [0.15, 0.2) is 76.2 Å². The summed E-state index contributed by atoms with van der Waals surface area (Å²) in [7, 11) is -0.310. The lowest BCUT2D eigenvalue weighted by atomic mass is 10.1. The van der Waals surface area contributed by atoms with Gasteiger partial charge in [0.15, 0.2) is 0 Å². The van der Waals surface area contributed by atoms with Crippen LogP contribution in [0.2, 0.25) is 0 Å². The fraction of sp³-hybridized carbons (Fsp3) is 0.182. The highest BCUT2D eigenvalue weighted by Gasteiger charge is 2.41. The molecule has 0 N–H and O–H groups in total. The second-order valence-electron chi connectivity index (χ2n) is 6.79. The minimum Gasteiger partial charge on any atom is -0.465 e. The topological polar surface area (TPSA) is 13.1 Å². The van der Waals surface area contributed by atoms with Crippen LogP contribution in [0.5, 0.6) is 0 Å². The van der Waals surface area contributed by atoms with E-state index in [9.17, 15) is 0 Å². The van der Waals surface area contributed by atoms with Crippen molar-refractivity contribution in [3.8, 4) is 0 Å². The van der Waals surface area contributed by atoms with Gasteiger partial charge < -0.3 is 4.42 Å². The van der Waals surface area contributed by atoms with Crippen molar-refractivity contribution in [1.82, 2.24) is 0 Å². The van der Waals surface area contributed by atoms with Crippen LogP contribution in [0.25, 0.3) is 11.6 Å². The van der Waals surface area contributed by atoms with Gasteiger partial charge in [-0.1, -0.05) is 62.9 Å². The highest BCUT2D eigenvalue weighted by atomic mass is 31.1. The van der Waals surface area contributed by atoms with Gasteiger partial charge in [-0.25, -0.2) is 0 Å². The molecule has 3 atom stereocenters. The first-order valence-corrected chi connectivity index (χ1v) is 9.95. The van der Waals surface area contributed by atoms with Crippen LogP contribution in [0, 0.1) is 6.92 Å². The van der Waals surface area contributed by atoms with E-state index in [1.807, 2.05) is 6.07 Å². The number of furan rings is 1. The Bertz CT molecular complexity index is 940. The molecular weight excluding hydrogens is 311 g/mol. The summed E-state index contributed by atoms with van der Waals surface area (Å²) in [6, 6.07) is 11.0. The highest BCUT2D eigenvalue weighted by Crippen LogP contribution is 2.72. The van der Waals surface area contributed by atoms with Crippen molar-refractivity contribution < 1.29 is 4.42 Å². The Morgan fingerprint density at radius 2 is 2.08 bits per heavy atom. The van der Waals surface area contributed by atoms with E-state index in [0.29, 0.717) is 11.3 Å². The summed E-state index contributed by atoms with van der Waals surface area (Å²) in [5, 5.41) is 1.55. The first-order chi connectivity index (χ1) is 11.7. The Morgan fingerprint density at radius 3 is 2.92 bits per heavy atom. The van der Waals surface area contributed by atoms with Crippen LogP contribution in [-0.4, -0.2) is 5.66 Å². The third-order valence-electron chi connectivity index (χ3n) is 5.19. The van der Waals surface area contributed by atoms with Gasteiger partial charge in [0.05, 0.1) is 6.26 Å². The van der Waals surface area contributed by atoms with E-state index < -0.39 is 0 Å². The molecule has 0 radical (unpaired) electrons. The lowest BCUT2D eigenvalue weighted by molar-refractivity contribution is 0.551. The van der Waals surface area contributed by atoms with Crippen LogP contribution in [-0.2, 0) is 0 Å². The van der Waals surface area contributed by atoms with Gasteiger partial charge in [0.2, 0.25) is 0 Å². The molecular formula is C22H19OP. The third kappa shape index (κ3) is 1.98. The van der Waals surface area contributed by atoms with Gasteiger partial charge >= 0.3 is 0 Å². The molecule has 1 nitrogen and oxygen atoms in total. The summed E-state index contributed by atoms with van der Waals surface area (Å²) < 4.78 is 5.81. The van der Waals surface area contributed by atoms with E-state index in [-0.39, 0.29) is 7.92 Å². The van der Waals surface area contributed by atoms with Crippen molar-refractivity contribution in [2.75, 3.05) is 0 Å². The zero-order valence-electron chi connectivity index (χ0n) is 13.9. The molecule has 1 aromatic heterocycles. The van der Waals surface area contributed by atoms with Crippen LogP contribution in [0.4, 0.5) is 0 Å². The molecule has 0 bridgehead atoms. The second kappa shape index (κ2) is 5.19. The number of hydrogen-bond donors (Lipinski definition) is 0. The zero-order valence-corrected chi connectivity index (χ0v) is 14.8. The quantitative estimate of drug-likeness (QED) is 0.577. The fourth-order valence-corrected chi connectivity index (χ4v) is 7.42. The van der Waals surface area contributed by atoms with Crippen molar-refractivity contribution in [1.29, 1.82) is 0 Å².